The second kappa shape index (κ2) is 4.19. The highest BCUT2D eigenvalue weighted by Crippen LogP contribution is 2.14. The fraction of sp³-hybridized carbons (Fsp3) is 0.364. The summed E-state index contributed by atoms with van der Waals surface area (Å²) < 4.78 is 12.9. The highest BCUT2D eigenvalue weighted by Gasteiger charge is 2.32. The molecule has 1 amide bonds. The van der Waals surface area contributed by atoms with E-state index >= 15 is 0 Å². The third-order valence-corrected chi connectivity index (χ3v) is 2.62. The van der Waals surface area contributed by atoms with Crippen molar-refractivity contribution >= 4 is 5.91 Å². The van der Waals surface area contributed by atoms with Gasteiger partial charge in [-0.3, -0.25) is 4.79 Å². The molecule has 0 saturated carbocycles. The van der Waals surface area contributed by atoms with E-state index in [0.717, 1.165) is 6.07 Å². The molecule has 1 saturated heterocycles. The quantitative estimate of drug-likeness (QED) is 0.707. The van der Waals surface area contributed by atoms with Gasteiger partial charge in [-0.1, -0.05) is 6.07 Å². The van der Waals surface area contributed by atoms with Crippen molar-refractivity contribution in [3.05, 3.63) is 35.6 Å². The van der Waals surface area contributed by atoms with Gasteiger partial charge < -0.3 is 15.1 Å². The summed E-state index contributed by atoms with van der Waals surface area (Å²) in [6.45, 7) is 0.160. The molecule has 0 aliphatic carbocycles. The van der Waals surface area contributed by atoms with Gasteiger partial charge in [-0.25, -0.2) is 4.39 Å². The van der Waals surface area contributed by atoms with Gasteiger partial charge in [-0.05, 0) is 18.2 Å². The summed E-state index contributed by atoms with van der Waals surface area (Å²) in [6.07, 6.45) is -1.84. The van der Waals surface area contributed by atoms with Crippen LogP contribution in [0.25, 0.3) is 0 Å². The zero-order chi connectivity index (χ0) is 11.7. The van der Waals surface area contributed by atoms with Crippen LogP contribution in [0, 0.1) is 5.82 Å². The van der Waals surface area contributed by atoms with E-state index in [1.54, 1.807) is 0 Å². The molecule has 1 heterocycles. The van der Waals surface area contributed by atoms with E-state index in [0.29, 0.717) is 0 Å². The number of halogens is 1. The van der Waals surface area contributed by atoms with Crippen LogP contribution in [0.4, 0.5) is 4.39 Å². The third kappa shape index (κ3) is 2.05. The Bertz CT molecular complexity index is 400. The number of aliphatic hydroxyl groups is 2. The van der Waals surface area contributed by atoms with Crippen molar-refractivity contribution in [2.45, 2.75) is 12.2 Å². The van der Waals surface area contributed by atoms with E-state index in [4.69, 9.17) is 0 Å². The molecule has 86 valence electrons. The monoisotopic (exact) mass is 225 g/mol. The lowest BCUT2D eigenvalue weighted by atomic mass is 10.2. The first-order valence-corrected chi connectivity index (χ1v) is 4.99. The standard InChI is InChI=1S/C11H12FNO3/c12-8-3-1-2-7(4-8)11(16)13-5-9(14)10(15)6-13/h1-4,9-10,14-15H,5-6H2/t9-,10+. The molecule has 0 aromatic heterocycles. The van der Waals surface area contributed by atoms with E-state index in [1.807, 2.05) is 0 Å². The molecule has 5 heteroatoms. The molecule has 1 aliphatic rings. The zero-order valence-corrected chi connectivity index (χ0v) is 8.51. The number of aliphatic hydroxyl groups excluding tert-OH is 2. The second-order valence-corrected chi connectivity index (χ2v) is 3.86. The van der Waals surface area contributed by atoms with Gasteiger partial charge in [0.2, 0.25) is 0 Å². The largest absolute Gasteiger partial charge is 0.388 e. The summed E-state index contributed by atoms with van der Waals surface area (Å²) in [5, 5.41) is 18.6. The zero-order valence-electron chi connectivity index (χ0n) is 8.51. The van der Waals surface area contributed by atoms with Crippen LogP contribution >= 0.6 is 0 Å². The molecule has 0 spiro atoms. The van der Waals surface area contributed by atoms with Crippen LogP contribution in [-0.4, -0.2) is 46.3 Å². The third-order valence-electron chi connectivity index (χ3n) is 2.62. The Balaban J connectivity index is 2.14. The maximum absolute atomic E-state index is 12.9. The van der Waals surface area contributed by atoms with E-state index in [2.05, 4.69) is 0 Å². The average molecular weight is 225 g/mol. The molecule has 2 rings (SSSR count). The minimum atomic E-state index is -0.919. The lowest BCUT2D eigenvalue weighted by Crippen LogP contribution is -2.29. The molecule has 4 nitrogen and oxygen atoms in total. The van der Waals surface area contributed by atoms with E-state index in [-0.39, 0.29) is 24.6 Å². The van der Waals surface area contributed by atoms with Gasteiger partial charge in [0.25, 0.3) is 5.91 Å². The maximum Gasteiger partial charge on any atom is 0.254 e. The number of benzene rings is 1. The maximum atomic E-state index is 12.9. The van der Waals surface area contributed by atoms with Crippen molar-refractivity contribution < 1.29 is 19.4 Å². The Morgan fingerprint density at radius 1 is 1.31 bits per heavy atom. The topological polar surface area (TPSA) is 60.8 Å². The SMILES string of the molecule is O=C(c1cccc(F)c1)N1C[C@@H](O)[C@@H](O)C1. The number of hydrogen-bond donors (Lipinski definition) is 2. The Morgan fingerprint density at radius 3 is 2.50 bits per heavy atom. The number of amides is 1. The van der Waals surface area contributed by atoms with Crippen molar-refractivity contribution in [2.24, 2.45) is 0 Å². The first-order chi connectivity index (χ1) is 7.58. The molecule has 0 unspecified atom stereocenters. The summed E-state index contributed by atoms with van der Waals surface area (Å²) >= 11 is 0. The van der Waals surface area contributed by atoms with E-state index in [1.165, 1.54) is 23.1 Å². The Hall–Kier alpha value is -1.46. The first kappa shape index (κ1) is 11.0. The molecule has 2 N–H and O–H groups in total. The number of carbonyl (C=O) groups is 1. The lowest BCUT2D eigenvalue weighted by molar-refractivity contribution is 0.0572. The highest BCUT2D eigenvalue weighted by atomic mass is 19.1. The predicted octanol–water partition coefficient (Wildman–Crippen LogP) is 0.00330. The molecular weight excluding hydrogens is 213 g/mol. The number of hydrogen-bond acceptors (Lipinski definition) is 3. The van der Waals surface area contributed by atoms with Crippen molar-refractivity contribution in [2.75, 3.05) is 13.1 Å². The van der Waals surface area contributed by atoms with Crippen molar-refractivity contribution in [1.29, 1.82) is 0 Å². The van der Waals surface area contributed by atoms with Gasteiger partial charge in [-0.15, -0.1) is 0 Å². The van der Waals surface area contributed by atoms with Crippen LogP contribution in [0.1, 0.15) is 10.4 Å². The minimum Gasteiger partial charge on any atom is -0.388 e. The summed E-state index contributed by atoms with van der Waals surface area (Å²) in [7, 11) is 0. The molecular formula is C11H12FNO3. The molecule has 1 aliphatic heterocycles. The predicted molar refractivity (Wildman–Crippen MR) is 54.3 cm³/mol. The smallest absolute Gasteiger partial charge is 0.254 e. The van der Waals surface area contributed by atoms with Crippen molar-refractivity contribution in [3.8, 4) is 0 Å². The number of nitrogens with zero attached hydrogens (tertiary/aromatic N) is 1. The molecule has 2 atom stereocenters. The van der Waals surface area contributed by atoms with Gasteiger partial charge in [0.1, 0.15) is 5.82 Å². The second-order valence-electron chi connectivity index (χ2n) is 3.86. The normalized spacial score (nSPS) is 24.8. The van der Waals surface area contributed by atoms with Gasteiger partial charge in [0.05, 0.1) is 12.2 Å². The van der Waals surface area contributed by atoms with E-state index < -0.39 is 18.0 Å². The van der Waals surface area contributed by atoms with Crippen LogP contribution in [0.3, 0.4) is 0 Å². The summed E-state index contributed by atoms with van der Waals surface area (Å²) in [5.74, 6) is -0.860. The Kier molecular flexibility index (Phi) is 2.89. The van der Waals surface area contributed by atoms with Crippen LogP contribution in [0.15, 0.2) is 24.3 Å². The number of rotatable bonds is 1. The highest BCUT2D eigenvalue weighted by molar-refractivity contribution is 5.94. The Morgan fingerprint density at radius 2 is 1.94 bits per heavy atom. The molecule has 1 aromatic carbocycles. The van der Waals surface area contributed by atoms with Crippen LogP contribution < -0.4 is 0 Å². The first-order valence-electron chi connectivity index (χ1n) is 4.99. The number of likely N-dealkylation sites (tertiary alicyclic amines) is 1. The lowest BCUT2D eigenvalue weighted by Gasteiger charge is -2.15. The summed E-state index contributed by atoms with van der Waals surface area (Å²) in [5.41, 5.74) is 0.223. The summed E-state index contributed by atoms with van der Waals surface area (Å²) in [6, 6.07) is 5.35. The average Bonchev–Trinajstić information content (AvgIpc) is 2.58. The van der Waals surface area contributed by atoms with Gasteiger partial charge in [-0.2, -0.15) is 0 Å². The minimum absolute atomic E-state index is 0.0799. The number of β-amino-alcohol motifs (C(OH)–C–C–N with tert-alkyl or cyclic N) is 2. The fourth-order valence-electron chi connectivity index (χ4n) is 1.74. The molecule has 0 bridgehead atoms. The van der Waals surface area contributed by atoms with Crippen molar-refractivity contribution in [1.82, 2.24) is 4.90 Å². The van der Waals surface area contributed by atoms with Crippen LogP contribution in [0.2, 0.25) is 0 Å². The summed E-state index contributed by atoms with van der Waals surface area (Å²) in [4.78, 5) is 13.1. The van der Waals surface area contributed by atoms with Gasteiger partial charge in [0.15, 0.2) is 0 Å². The molecule has 0 radical (unpaired) electrons. The number of carbonyl (C=O) groups excluding carboxylic acids is 1. The van der Waals surface area contributed by atoms with Gasteiger partial charge in [0, 0.05) is 18.7 Å². The fourth-order valence-corrected chi connectivity index (χ4v) is 1.74. The molecule has 16 heavy (non-hydrogen) atoms. The van der Waals surface area contributed by atoms with E-state index in [9.17, 15) is 19.4 Å². The van der Waals surface area contributed by atoms with Gasteiger partial charge >= 0.3 is 0 Å². The van der Waals surface area contributed by atoms with Crippen LogP contribution in [0.5, 0.6) is 0 Å². The molecule has 1 fully saturated rings. The molecule has 1 aromatic rings. The van der Waals surface area contributed by atoms with Crippen molar-refractivity contribution in [3.63, 3.8) is 0 Å². The van der Waals surface area contributed by atoms with Crippen LogP contribution in [-0.2, 0) is 0 Å². The Labute approximate surface area is 91.9 Å².